The molecule has 8 aromatic carbocycles. The number of anilines is 5. The van der Waals surface area contributed by atoms with Crippen LogP contribution in [0.25, 0.3) is 44.5 Å². The van der Waals surface area contributed by atoms with E-state index in [9.17, 15) is 0 Å². The Morgan fingerprint density at radius 1 is 0.468 bits per heavy atom. The molecule has 8 aromatic rings. The van der Waals surface area contributed by atoms with Gasteiger partial charge in [-0.3, -0.25) is 0 Å². The van der Waals surface area contributed by atoms with Crippen molar-refractivity contribution in [3.8, 4) is 44.5 Å². The summed E-state index contributed by atoms with van der Waals surface area (Å²) in [5.74, 6) is 0. The van der Waals surface area contributed by atoms with E-state index in [2.05, 4.69) is 213 Å². The third-order valence-electron chi connectivity index (χ3n) is 14.0. The largest absolute Gasteiger partial charge is 0.376 e. The molecular weight excluding hydrogens is 747 g/mol. The summed E-state index contributed by atoms with van der Waals surface area (Å²) in [6.07, 6.45) is 6.75. The molecule has 0 unspecified atom stereocenters. The average Bonchev–Trinajstić information content (AvgIpc) is 3.56. The van der Waals surface area contributed by atoms with Gasteiger partial charge in [-0.2, -0.15) is 0 Å². The van der Waals surface area contributed by atoms with E-state index >= 15 is 0 Å². The van der Waals surface area contributed by atoms with Gasteiger partial charge < -0.3 is 9.71 Å². The minimum Gasteiger partial charge on any atom is -0.376 e. The summed E-state index contributed by atoms with van der Waals surface area (Å²) in [5, 5.41) is 0. The van der Waals surface area contributed by atoms with Crippen LogP contribution in [0.5, 0.6) is 0 Å². The first-order chi connectivity index (χ1) is 30.5. The first-order valence-corrected chi connectivity index (χ1v) is 22.9. The van der Waals surface area contributed by atoms with Crippen molar-refractivity contribution in [3.05, 3.63) is 198 Å². The molecule has 0 aromatic heterocycles. The standard InChI is InChI=1S/C59H53BN2/c1-5-7-20-40-30-35-53(48(36-40)43-24-14-10-15-25-43)61-55-38-41(21-8-6-2)37-49-46-32-31-44(42-22-12-9-13-23-42)39-54(46)62(45-26-16-11-17-27-45)60(57(49)55)52-34-33-51-56(58(52)61)47-28-18-19-29-50(47)59(51,3)4/h9-19,22-39H,5-8,20-21H2,1-4H3. The number of rotatable bonds is 10. The molecule has 11 rings (SSSR count). The number of para-hydroxylation sites is 1. The molecule has 62 heavy (non-hydrogen) atoms. The second-order valence-corrected chi connectivity index (χ2v) is 18.1. The van der Waals surface area contributed by atoms with Gasteiger partial charge >= 0.3 is 6.85 Å². The predicted octanol–water partition coefficient (Wildman–Crippen LogP) is 14.7. The van der Waals surface area contributed by atoms with Gasteiger partial charge in [-0.15, -0.1) is 0 Å². The summed E-state index contributed by atoms with van der Waals surface area (Å²) in [4.78, 5) is 5.38. The van der Waals surface area contributed by atoms with Gasteiger partial charge in [0.15, 0.2) is 0 Å². The van der Waals surface area contributed by atoms with Crippen LogP contribution < -0.4 is 20.6 Å². The predicted molar refractivity (Wildman–Crippen MR) is 266 cm³/mol. The zero-order valence-electron chi connectivity index (χ0n) is 36.5. The first kappa shape index (κ1) is 38.4. The maximum absolute atomic E-state index is 2.72. The lowest BCUT2D eigenvalue weighted by molar-refractivity contribution is 0.660. The molecule has 3 heteroatoms. The molecule has 302 valence electrons. The lowest BCUT2D eigenvalue weighted by Crippen LogP contribution is -2.61. The van der Waals surface area contributed by atoms with Gasteiger partial charge in [-0.25, -0.2) is 0 Å². The summed E-state index contributed by atoms with van der Waals surface area (Å²) in [6, 6.07) is 67.0. The van der Waals surface area contributed by atoms with E-state index in [0.717, 1.165) is 25.7 Å². The lowest BCUT2D eigenvalue weighted by atomic mass is 9.43. The van der Waals surface area contributed by atoms with E-state index in [-0.39, 0.29) is 12.3 Å². The van der Waals surface area contributed by atoms with Crippen LogP contribution in [0, 0.1) is 0 Å². The van der Waals surface area contributed by atoms with Gasteiger partial charge in [-0.05, 0) is 123 Å². The highest BCUT2D eigenvalue weighted by atomic mass is 15.2. The van der Waals surface area contributed by atoms with Crippen molar-refractivity contribution in [2.75, 3.05) is 9.71 Å². The second kappa shape index (κ2) is 15.4. The van der Waals surface area contributed by atoms with E-state index in [1.54, 1.807) is 0 Å². The number of hydrogen-bond acceptors (Lipinski definition) is 2. The molecule has 1 aliphatic carbocycles. The Morgan fingerprint density at radius 2 is 1.13 bits per heavy atom. The molecule has 2 heterocycles. The molecule has 0 saturated heterocycles. The molecule has 0 atom stereocenters. The quantitative estimate of drug-likeness (QED) is 0.127. The van der Waals surface area contributed by atoms with Crippen LogP contribution in [-0.2, 0) is 18.3 Å². The van der Waals surface area contributed by atoms with E-state index in [0.29, 0.717) is 0 Å². The number of benzene rings is 8. The maximum Gasteiger partial charge on any atom is 0.333 e. The summed E-state index contributed by atoms with van der Waals surface area (Å²) in [5.41, 5.74) is 24.7. The zero-order valence-corrected chi connectivity index (χ0v) is 36.5. The van der Waals surface area contributed by atoms with E-state index < -0.39 is 0 Å². The lowest BCUT2D eigenvalue weighted by Gasteiger charge is -2.47. The molecule has 2 aliphatic heterocycles. The van der Waals surface area contributed by atoms with Crippen molar-refractivity contribution in [2.24, 2.45) is 0 Å². The minimum atomic E-state index is -0.157. The third-order valence-corrected chi connectivity index (χ3v) is 14.0. The molecule has 0 N–H and O–H groups in total. The molecule has 0 radical (unpaired) electrons. The van der Waals surface area contributed by atoms with E-state index in [1.807, 2.05) is 0 Å². The van der Waals surface area contributed by atoms with Crippen molar-refractivity contribution in [1.29, 1.82) is 0 Å². The van der Waals surface area contributed by atoms with Crippen LogP contribution in [0.2, 0.25) is 0 Å². The topological polar surface area (TPSA) is 6.48 Å². The van der Waals surface area contributed by atoms with Crippen molar-refractivity contribution < 1.29 is 0 Å². The Bertz CT molecular complexity index is 2970. The maximum atomic E-state index is 2.72. The summed E-state index contributed by atoms with van der Waals surface area (Å²) < 4.78 is 0. The van der Waals surface area contributed by atoms with Crippen LogP contribution in [0.3, 0.4) is 0 Å². The van der Waals surface area contributed by atoms with Crippen LogP contribution in [0.15, 0.2) is 176 Å². The van der Waals surface area contributed by atoms with Gasteiger partial charge in [0, 0.05) is 39.2 Å². The molecule has 0 fully saturated rings. The summed E-state index contributed by atoms with van der Waals surface area (Å²) >= 11 is 0. The Balaban J connectivity index is 1.29. The number of unbranched alkanes of at least 4 members (excludes halogenated alkanes) is 2. The van der Waals surface area contributed by atoms with Crippen LogP contribution in [-0.4, -0.2) is 6.85 Å². The van der Waals surface area contributed by atoms with Gasteiger partial charge in [-0.1, -0.05) is 180 Å². The van der Waals surface area contributed by atoms with Crippen molar-refractivity contribution in [1.82, 2.24) is 0 Å². The van der Waals surface area contributed by atoms with E-state index in [4.69, 9.17) is 0 Å². The second-order valence-electron chi connectivity index (χ2n) is 18.1. The van der Waals surface area contributed by atoms with Crippen molar-refractivity contribution >= 4 is 46.2 Å². The molecule has 0 spiro atoms. The Hall–Kier alpha value is -6.58. The fourth-order valence-electron chi connectivity index (χ4n) is 10.9. The molecular formula is C59H53BN2. The van der Waals surface area contributed by atoms with Gasteiger partial charge in [0.25, 0.3) is 0 Å². The van der Waals surface area contributed by atoms with Gasteiger partial charge in [0.05, 0.1) is 11.4 Å². The smallest absolute Gasteiger partial charge is 0.333 e. The van der Waals surface area contributed by atoms with Gasteiger partial charge in [0.1, 0.15) is 0 Å². The highest BCUT2D eigenvalue weighted by Gasteiger charge is 2.49. The van der Waals surface area contributed by atoms with Crippen LogP contribution in [0.1, 0.15) is 75.6 Å². The van der Waals surface area contributed by atoms with Gasteiger partial charge in [0.2, 0.25) is 0 Å². The first-order valence-electron chi connectivity index (χ1n) is 22.9. The van der Waals surface area contributed by atoms with Crippen molar-refractivity contribution in [3.63, 3.8) is 0 Å². The summed E-state index contributed by atoms with van der Waals surface area (Å²) in [7, 11) is 0. The Morgan fingerprint density at radius 3 is 1.87 bits per heavy atom. The molecule has 0 saturated carbocycles. The molecule has 2 nitrogen and oxygen atoms in total. The fourth-order valence-corrected chi connectivity index (χ4v) is 10.9. The minimum absolute atomic E-state index is 0.0717. The normalized spacial score (nSPS) is 13.9. The summed E-state index contributed by atoms with van der Waals surface area (Å²) in [6.45, 7) is 9.37. The van der Waals surface area contributed by atoms with Crippen LogP contribution in [0.4, 0.5) is 28.4 Å². The fraction of sp³-hybridized carbons (Fsp3) is 0.186. The SMILES string of the molecule is CCCCc1ccc(N2c3cc(CCCC)cc4c3B(c3ccc5c(c32)-c2ccccc2C5(C)C)N(c2ccccc2)c2cc(-c3ccccc3)ccc2-4)c(-c2ccccc2)c1. The van der Waals surface area contributed by atoms with E-state index in [1.165, 1.54) is 119 Å². The number of hydrogen-bond donors (Lipinski definition) is 0. The highest BCUT2D eigenvalue weighted by molar-refractivity contribution is 6.93. The van der Waals surface area contributed by atoms with Crippen molar-refractivity contribution in [2.45, 2.75) is 71.6 Å². The molecule has 3 aliphatic rings. The zero-order chi connectivity index (χ0) is 42.0. The molecule has 0 amide bonds. The Labute approximate surface area is 368 Å². The number of aryl methyl sites for hydroxylation is 2. The highest BCUT2D eigenvalue weighted by Crippen LogP contribution is 2.57. The average molecular weight is 801 g/mol. The monoisotopic (exact) mass is 800 g/mol. The molecule has 0 bridgehead atoms. The Kier molecular flexibility index (Phi) is 9.53. The number of fused-ring (bicyclic) bond motifs is 8. The van der Waals surface area contributed by atoms with Crippen LogP contribution >= 0.6 is 0 Å². The number of nitrogens with zero attached hydrogens (tertiary/aromatic N) is 2. The third kappa shape index (κ3) is 6.08.